The highest BCUT2D eigenvalue weighted by molar-refractivity contribution is 5.74. The van der Waals surface area contributed by atoms with Crippen molar-refractivity contribution in [3.8, 4) is 0 Å². The summed E-state index contributed by atoms with van der Waals surface area (Å²) >= 11 is 0. The van der Waals surface area contributed by atoms with E-state index in [-0.39, 0.29) is 5.56 Å². The first-order chi connectivity index (χ1) is 7.70. The second-order valence-corrected chi connectivity index (χ2v) is 4.16. The molecule has 0 fully saturated rings. The average molecular weight is 219 g/mol. The van der Waals surface area contributed by atoms with Crippen molar-refractivity contribution in [3.05, 3.63) is 27.9 Å². The summed E-state index contributed by atoms with van der Waals surface area (Å²) in [5, 5.41) is 0. The van der Waals surface area contributed by atoms with Crippen LogP contribution in [0.1, 0.15) is 37.7 Å². The summed E-state index contributed by atoms with van der Waals surface area (Å²) in [7, 11) is 0. The van der Waals surface area contributed by atoms with Crippen LogP contribution in [0, 0.1) is 6.92 Å². The minimum atomic E-state index is -0.0794. The molecule has 4 nitrogen and oxygen atoms in total. The highest BCUT2D eigenvalue weighted by Crippen LogP contribution is 2.11. The maximum Gasteiger partial charge on any atom is 0.275 e. The zero-order chi connectivity index (χ0) is 11.5. The molecule has 0 bridgehead atoms. The molecule has 4 heteroatoms. The Bertz CT molecular complexity index is 539. The molecule has 0 unspecified atom stereocenters. The first-order valence-electron chi connectivity index (χ1n) is 5.79. The molecular weight excluding hydrogens is 202 g/mol. The highest BCUT2D eigenvalue weighted by atomic mass is 16.1. The smallest absolute Gasteiger partial charge is 0.275 e. The van der Waals surface area contributed by atoms with E-state index >= 15 is 0 Å². The van der Waals surface area contributed by atoms with Crippen LogP contribution in [0.2, 0.25) is 0 Å². The Morgan fingerprint density at radius 1 is 1.31 bits per heavy atom. The number of rotatable bonds is 4. The van der Waals surface area contributed by atoms with Crippen LogP contribution >= 0.6 is 0 Å². The Morgan fingerprint density at radius 2 is 2.12 bits per heavy atom. The third-order valence-corrected chi connectivity index (χ3v) is 2.71. The largest absolute Gasteiger partial charge is 0.353 e. The van der Waals surface area contributed by atoms with E-state index in [2.05, 4.69) is 21.9 Å². The van der Waals surface area contributed by atoms with Crippen molar-refractivity contribution in [2.24, 2.45) is 0 Å². The van der Waals surface area contributed by atoms with Gasteiger partial charge in [-0.25, -0.2) is 4.98 Å². The molecule has 16 heavy (non-hydrogen) atoms. The third kappa shape index (κ3) is 2.15. The first kappa shape index (κ1) is 10.9. The Morgan fingerprint density at radius 3 is 2.88 bits per heavy atom. The minimum Gasteiger partial charge on any atom is -0.353 e. The number of hydrogen-bond donors (Lipinski definition) is 2. The van der Waals surface area contributed by atoms with Crippen LogP contribution in [0.15, 0.2) is 10.9 Å². The fourth-order valence-electron chi connectivity index (χ4n) is 1.89. The number of hydrogen-bond acceptors (Lipinski definition) is 2. The fourth-order valence-corrected chi connectivity index (χ4v) is 1.89. The van der Waals surface area contributed by atoms with Crippen molar-refractivity contribution < 1.29 is 0 Å². The van der Waals surface area contributed by atoms with Crippen LogP contribution in [0.3, 0.4) is 0 Å². The third-order valence-electron chi connectivity index (χ3n) is 2.71. The van der Waals surface area contributed by atoms with Crippen molar-refractivity contribution in [3.63, 3.8) is 0 Å². The molecule has 0 aliphatic carbocycles. The van der Waals surface area contributed by atoms with Gasteiger partial charge in [0.25, 0.3) is 5.56 Å². The van der Waals surface area contributed by atoms with E-state index in [4.69, 9.17) is 0 Å². The summed E-state index contributed by atoms with van der Waals surface area (Å²) in [5.41, 5.74) is 2.39. The second-order valence-electron chi connectivity index (χ2n) is 4.16. The van der Waals surface area contributed by atoms with Crippen molar-refractivity contribution >= 4 is 11.0 Å². The second kappa shape index (κ2) is 4.51. The zero-order valence-corrected chi connectivity index (χ0v) is 9.76. The molecule has 2 heterocycles. The van der Waals surface area contributed by atoms with Crippen LogP contribution < -0.4 is 5.56 Å². The molecule has 0 spiro atoms. The van der Waals surface area contributed by atoms with Crippen LogP contribution in [-0.2, 0) is 6.42 Å². The first-order valence-corrected chi connectivity index (χ1v) is 5.79. The van der Waals surface area contributed by atoms with Gasteiger partial charge in [0.15, 0.2) is 0 Å². The van der Waals surface area contributed by atoms with E-state index in [0.29, 0.717) is 11.3 Å². The molecule has 0 radical (unpaired) electrons. The SMILES string of the molecule is CCCCCc1cc2nc(C)[nH]c(=O)c2[nH]1. The summed E-state index contributed by atoms with van der Waals surface area (Å²) in [6.45, 7) is 3.98. The van der Waals surface area contributed by atoms with E-state index in [1.807, 2.05) is 6.07 Å². The lowest BCUT2D eigenvalue weighted by Crippen LogP contribution is -2.09. The van der Waals surface area contributed by atoms with Gasteiger partial charge in [-0.05, 0) is 25.8 Å². The summed E-state index contributed by atoms with van der Waals surface area (Å²) in [4.78, 5) is 21.8. The molecule has 86 valence electrons. The number of nitrogens with zero attached hydrogens (tertiary/aromatic N) is 1. The van der Waals surface area contributed by atoms with Crippen molar-refractivity contribution in [1.29, 1.82) is 0 Å². The monoisotopic (exact) mass is 219 g/mol. The van der Waals surface area contributed by atoms with Gasteiger partial charge in [-0.15, -0.1) is 0 Å². The van der Waals surface area contributed by atoms with Gasteiger partial charge in [0.1, 0.15) is 11.3 Å². The van der Waals surface area contributed by atoms with Crippen LogP contribution in [0.4, 0.5) is 0 Å². The Kier molecular flexibility index (Phi) is 3.08. The number of aryl methyl sites for hydroxylation is 2. The zero-order valence-electron chi connectivity index (χ0n) is 9.76. The molecule has 0 aliphatic heterocycles. The van der Waals surface area contributed by atoms with Crippen molar-refractivity contribution in [1.82, 2.24) is 15.0 Å². The molecular formula is C12H17N3O. The Balaban J connectivity index is 2.29. The molecule has 0 aromatic carbocycles. The molecule has 2 rings (SSSR count). The lowest BCUT2D eigenvalue weighted by Gasteiger charge is -1.94. The molecule has 0 aliphatic rings. The molecule has 2 aromatic rings. The normalized spacial score (nSPS) is 11.1. The van der Waals surface area contributed by atoms with Gasteiger partial charge in [0.2, 0.25) is 0 Å². The van der Waals surface area contributed by atoms with Gasteiger partial charge in [-0.2, -0.15) is 0 Å². The molecule has 0 amide bonds. The fraction of sp³-hybridized carbons (Fsp3) is 0.500. The predicted octanol–water partition coefficient (Wildman–Crippen LogP) is 2.29. The summed E-state index contributed by atoms with van der Waals surface area (Å²) < 4.78 is 0. The standard InChI is InChI=1S/C12H17N3O/c1-3-4-5-6-9-7-10-11(15-9)12(16)14-8(2)13-10/h7,15H,3-6H2,1-2H3,(H,13,14,16). The lowest BCUT2D eigenvalue weighted by molar-refractivity contribution is 0.710. The topological polar surface area (TPSA) is 61.5 Å². The number of aromatic nitrogens is 3. The number of nitrogens with one attached hydrogen (secondary N) is 2. The van der Waals surface area contributed by atoms with E-state index in [1.165, 1.54) is 12.8 Å². The number of aromatic amines is 2. The van der Waals surface area contributed by atoms with Gasteiger partial charge in [-0.1, -0.05) is 19.8 Å². The molecule has 0 saturated heterocycles. The van der Waals surface area contributed by atoms with Crippen LogP contribution in [0.25, 0.3) is 11.0 Å². The van der Waals surface area contributed by atoms with Crippen LogP contribution in [-0.4, -0.2) is 15.0 Å². The van der Waals surface area contributed by atoms with Gasteiger partial charge in [0.05, 0.1) is 5.52 Å². The number of H-pyrrole nitrogens is 2. The number of unbranched alkanes of at least 4 members (excludes halogenated alkanes) is 2. The van der Waals surface area contributed by atoms with Crippen molar-refractivity contribution in [2.45, 2.75) is 39.5 Å². The van der Waals surface area contributed by atoms with Gasteiger partial charge >= 0.3 is 0 Å². The lowest BCUT2D eigenvalue weighted by atomic mass is 10.2. The summed E-state index contributed by atoms with van der Waals surface area (Å²) in [6.07, 6.45) is 4.57. The Hall–Kier alpha value is -1.58. The van der Waals surface area contributed by atoms with E-state index in [9.17, 15) is 4.79 Å². The van der Waals surface area contributed by atoms with E-state index in [0.717, 1.165) is 24.1 Å². The molecule has 0 atom stereocenters. The van der Waals surface area contributed by atoms with Crippen LogP contribution in [0.5, 0.6) is 0 Å². The maximum atomic E-state index is 11.6. The van der Waals surface area contributed by atoms with Gasteiger partial charge in [-0.3, -0.25) is 4.79 Å². The van der Waals surface area contributed by atoms with Gasteiger partial charge < -0.3 is 9.97 Å². The Labute approximate surface area is 94.1 Å². The maximum absolute atomic E-state index is 11.6. The van der Waals surface area contributed by atoms with E-state index < -0.39 is 0 Å². The summed E-state index contributed by atoms with van der Waals surface area (Å²) in [6, 6.07) is 1.98. The quantitative estimate of drug-likeness (QED) is 0.775. The number of fused-ring (bicyclic) bond motifs is 1. The van der Waals surface area contributed by atoms with E-state index in [1.54, 1.807) is 6.92 Å². The molecule has 2 N–H and O–H groups in total. The highest BCUT2D eigenvalue weighted by Gasteiger charge is 2.05. The van der Waals surface area contributed by atoms with Crippen molar-refractivity contribution in [2.75, 3.05) is 0 Å². The molecule has 2 aromatic heterocycles. The average Bonchev–Trinajstić information content (AvgIpc) is 2.61. The molecule has 0 saturated carbocycles. The summed E-state index contributed by atoms with van der Waals surface area (Å²) in [5.74, 6) is 0.664. The minimum absolute atomic E-state index is 0.0794. The predicted molar refractivity (Wildman–Crippen MR) is 64.7 cm³/mol. The van der Waals surface area contributed by atoms with Gasteiger partial charge in [0, 0.05) is 5.69 Å².